The molecule has 12 heavy (non-hydrogen) atoms. The standard InChI is InChI=1S/C9H16N2O/c1-4-5-6-11-8(12)7-9(2,3)10/h6-7,10H2,1-3H3,(H,11,12). The highest BCUT2D eigenvalue weighted by atomic mass is 16.1. The summed E-state index contributed by atoms with van der Waals surface area (Å²) in [4.78, 5) is 11.1. The SMILES string of the molecule is CC#CCNC(=O)CC(C)(C)N. The third kappa shape index (κ3) is 7.10. The van der Waals surface area contributed by atoms with Gasteiger partial charge in [0.1, 0.15) is 0 Å². The highest BCUT2D eigenvalue weighted by Gasteiger charge is 2.15. The number of amides is 1. The average Bonchev–Trinajstić information content (AvgIpc) is 1.84. The highest BCUT2D eigenvalue weighted by molar-refractivity contribution is 5.77. The van der Waals surface area contributed by atoms with Crippen LogP contribution in [0.15, 0.2) is 0 Å². The van der Waals surface area contributed by atoms with Gasteiger partial charge in [0.15, 0.2) is 0 Å². The lowest BCUT2D eigenvalue weighted by Gasteiger charge is -2.16. The number of hydrogen-bond acceptors (Lipinski definition) is 2. The Kier molecular flexibility index (Phi) is 4.38. The van der Waals surface area contributed by atoms with Gasteiger partial charge in [-0.05, 0) is 20.8 Å². The van der Waals surface area contributed by atoms with Crippen molar-refractivity contribution in [3.8, 4) is 11.8 Å². The lowest BCUT2D eigenvalue weighted by Crippen LogP contribution is -2.39. The summed E-state index contributed by atoms with van der Waals surface area (Å²) in [5.41, 5.74) is 5.20. The maximum atomic E-state index is 11.1. The molecule has 0 aromatic heterocycles. The quantitative estimate of drug-likeness (QED) is 0.594. The van der Waals surface area contributed by atoms with E-state index >= 15 is 0 Å². The predicted molar refractivity (Wildman–Crippen MR) is 49.3 cm³/mol. The molecule has 0 rings (SSSR count). The van der Waals surface area contributed by atoms with E-state index in [1.165, 1.54) is 0 Å². The molecular weight excluding hydrogens is 152 g/mol. The smallest absolute Gasteiger partial charge is 0.222 e. The molecule has 0 saturated heterocycles. The molecule has 3 nitrogen and oxygen atoms in total. The first-order valence-corrected chi connectivity index (χ1v) is 3.91. The van der Waals surface area contributed by atoms with Crippen molar-refractivity contribution < 1.29 is 4.79 Å². The molecule has 0 aromatic carbocycles. The Labute approximate surface area is 73.7 Å². The Balaban J connectivity index is 3.66. The van der Waals surface area contributed by atoms with Gasteiger partial charge in [0.05, 0.1) is 6.54 Å². The van der Waals surface area contributed by atoms with E-state index in [0.717, 1.165) is 0 Å². The Morgan fingerprint density at radius 1 is 1.58 bits per heavy atom. The molecule has 0 heterocycles. The highest BCUT2D eigenvalue weighted by Crippen LogP contribution is 2.01. The zero-order valence-corrected chi connectivity index (χ0v) is 7.90. The fourth-order valence-electron chi connectivity index (χ4n) is 0.707. The van der Waals surface area contributed by atoms with Gasteiger partial charge in [-0.2, -0.15) is 0 Å². The zero-order chi connectivity index (χ0) is 9.61. The van der Waals surface area contributed by atoms with E-state index in [1.807, 2.05) is 13.8 Å². The van der Waals surface area contributed by atoms with E-state index in [0.29, 0.717) is 13.0 Å². The first kappa shape index (κ1) is 11.0. The first-order chi connectivity index (χ1) is 5.45. The molecule has 3 heteroatoms. The first-order valence-electron chi connectivity index (χ1n) is 3.91. The number of carbonyl (C=O) groups excluding carboxylic acids is 1. The third-order valence-electron chi connectivity index (χ3n) is 1.17. The van der Waals surface area contributed by atoms with Crippen LogP contribution in [0, 0.1) is 11.8 Å². The Bertz CT molecular complexity index is 205. The summed E-state index contributed by atoms with van der Waals surface area (Å²) in [5, 5.41) is 2.65. The minimum absolute atomic E-state index is 0.0507. The Morgan fingerprint density at radius 3 is 2.58 bits per heavy atom. The summed E-state index contributed by atoms with van der Waals surface area (Å²) in [6, 6.07) is 0. The van der Waals surface area contributed by atoms with Crippen molar-refractivity contribution in [3.63, 3.8) is 0 Å². The van der Waals surface area contributed by atoms with Gasteiger partial charge in [-0.15, -0.1) is 5.92 Å². The van der Waals surface area contributed by atoms with Gasteiger partial charge in [-0.1, -0.05) is 5.92 Å². The van der Waals surface area contributed by atoms with Crippen LogP contribution >= 0.6 is 0 Å². The number of rotatable bonds is 3. The third-order valence-corrected chi connectivity index (χ3v) is 1.17. The zero-order valence-electron chi connectivity index (χ0n) is 7.90. The second kappa shape index (κ2) is 4.78. The van der Waals surface area contributed by atoms with E-state index in [1.54, 1.807) is 6.92 Å². The molecule has 0 aliphatic rings. The molecule has 3 N–H and O–H groups in total. The molecule has 0 aromatic rings. The number of hydrogen-bond donors (Lipinski definition) is 2. The van der Waals surface area contributed by atoms with Gasteiger partial charge in [-0.3, -0.25) is 4.79 Å². The number of nitrogens with one attached hydrogen (secondary N) is 1. The van der Waals surface area contributed by atoms with Crippen molar-refractivity contribution in [3.05, 3.63) is 0 Å². The monoisotopic (exact) mass is 168 g/mol. The molecule has 0 fully saturated rings. The van der Waals surface area contributed by atoms with Gasteiger partial charge in [0.25, 0.3) is 0 Å². The molecule has 0 unspecified atom stereocenters. The van der Waals surface area contributed by atoms with Gasteiger partial charge >= 0.3 is 0 Å². The summed E-state index contributed by atoms with van der Waals surface area (Å²) < 4.78 is 0. The molecule has 0 aliphatic carbocycles. The van der Waals surface area contributed by atoms with Crippen LogP contribution in [0.25, 0.3) is 0 Å². The van der Waals surface area contributed by atoms with Crippen LogP contribution in [-0.2, 0) is 4.79 Å². The largest absolute Gasteiger partial charge is 0.345 e. The summed E-state index contributed by atoms with van der Waals surface area (Å²) in [6.07, 6.45) is 0.332. The maximum Gasteiger partial charge on any atom is 0.222 e. The van der Waals surface area contributed by atoms with Crippen molar-refractivity contribution in [2.75, 3.05) is 6.54 Å². The fourth-order valence-corrected chi connectivity index (χ4v) is 0.707. The maximum absolute atomic E-state index is 11.1. The van der Waals surface area contributed by atoms with Gasteiger partial charge < -0.3 is 11.1 Å². The van der Waals surface area contributed by atoms with Crippen molar-refractivity contribution >= 4 is 5.91 Å². The van der Waals surface area contributed by atoms with Crippen LogP contribution in [0.3, 0.4) is 0 Å². The molecule has 0 bridgehead atoms. The van der Waals surface area contributed by atoms with Gasteiger partial charge in [0, 0.05) is 12.0 Å². The van der Waals surface area contributed by atoms with E-state index in [9.17, 15) is 4.79 Å². The molecule has 0 aliphatic heterocycles. The topological polar surface area (TPSA) is 55.1 Å². The van der Waals surface area contributed by atoms with Crippen LogP contribution in [0.2, 0.25) is 0 Å². The summed E-state index contributed by atoms with van der Waals surface area (Å²) in [6.45, 7) is 5.78. The van der Waals surface area contributed by atoms with E-state index in [4.69, 9.17) is 5.73 Å². The van der Waals surface area contributed by atoms with E-state index in [2.05, 4.69) is 17.2 Å². The van der Waals surface area contributed by atoms with Crippen molar-refractivity contribution in [1.29, 1.82) is 0 Å². The fraction of sp³-hybridized carbons (Fsp3) is 0.667. The number of nitrogens with two attached hydrogens (primary N) is 1. The summed E-state index contributed by atoms with van der Waals surface area (Å²) >= 11 is 0. The Morgan fingerprint density at radius 2 is 2.17 bits per heavy atom. The predicted octanol–water partition coefficient (Wildman–Crippen LogP) is 0.253. The summed E-state index contributed by atoms with van der Waals surface area (Å²) in [5.74, 6) is 5.38. The molecular formula is C9H16N2O. The van der Waals surface area contributed by atoms with Gasteiger partial charge in [0.2, 0.25) is 5.91 Å². The van der Waals surface area contributed by atoms with Gasteiger partial charge in [-0.25, -0.2) is 0 Å². The average molecular weight is 168 g/mol. The lowest BCUT2D eigenvalue weighted by atomic mass is 10.0. The van der Waals surface area contributed by atoms with Crippen LogP contribution in [0.4, 0.5) is 0 Å². The van der Waals surface area contributed by atoms with E-state index < -0.39 is 5.54 Å². The van der Waals surface area contributed by atoms with Crippen LogP contribution in [-0.4, -0.2) is 18.0 Å². The van der Waals surface area contributed by atoms with Crippen molar-refractivity contribution in [2.24, 2.45) is 5.73 Å². The molecule has 0 spiro atoms. The lowest BCUT2D eigenvalue weighted by molar-refractivity contribution is -0.121. The molecule has 0 radical (unpaired) electrons. The minimum Gasteiger partial charge on any atom is -0.345 e. The molecule has 0 saturated carbocycles. The second-order valence-electron chi connectivity index (χ2n) is 3.37. The van der Waals surface area contributed by atoms with Crippen LogP contribution < -0.4 is 11.1 Å². The second-order valence-corrected chi connectivity index (χ2v) is 3.37. The number of carbonyl (C=O) groups is 1. The van der Waals surface area contributed by atoms with Crippen molar-refractivity contribution in [2.45, 2.75) is 32.7 Å². The molecule has 0 atom stereocenters. The van der Waals surface area contributed by atoms with E-state index in [-0.39, 0.29) is 5.91 Å². The summed E-state index contributed by atoms with van der Waals surface area (Å²) in [7, 11) is 0. The Hall–Kier alpha value is -1.01. The van der Waals surface area contributed by atoms with Crippen LogP contribution in [0.1, 0.15) is 27.2 Å². The molecule has 1 amide bonds. The van der Waals surface area contributed by atoms with Crippen molar-refractivity contribution in [1.82, 2.24) is 5.32 Å². The molecule has 68 valence electrons. The minimum atomic E-state index is -0.441. The van der Waals surface area contributed by atoms with Crippen LogP contribution in [0.5, 0.6) is 0 Å². The normalized spacial score (nSPS) is 10.0.